The maximum atomic E-state index is 11.2. The van der Waals surface area contributed by atoms with E-state index in [1.54, 1.807) is 18.2 Å². The molecule has 0 saturated carbocycles. The van der Waals surface area contributed by atoms with E-state index < -0.39 is 17.7 Å². The lowest BCUT2D eigenvalue weighted by atomic mass is 10.2. The van der Waals surface area contributed by atoms with Crippen LogP contribution in [-0.4, -0.2) is 44.7 Å². The zero-order chi connectivity index (χ0) is 16.5. The molecule has 9 heteroatoms. The van der Waals surface area contributed by atoms with Crippen molar-refractivity contribution in [3.63, 3.8) is 0 Å². The maximum absolute atomic E-state index is 11.2. The summed E-state index contributed by atoms with van der Waals surface area (Å²) in [4.78, 5) is 32.8. The monoisotopic (exact) mass is 308 g/mol. The van der Waals surface area contributed by atoms with Crippen LogP contribution in [0.15, 0.2) is 23.3 Å². The van der Waals surface area contributed by atoms with Crippen molar-refractivity contribution in [1.29, 1.82) is 0 Å². The summed E-state index contributed by atoms with van der Waals surface area (Å²) in [5.41, 5.74) is 7.64. The highest BCUT2D eigenvalue weighted by molar-refractivity contribution is 6.34. The summed E-state index contributed by atoms with van der Waals surface area (Å²) >= 11 is 0. The van der Waals surface area contributed by atoms with Crippen LogP contribution in [-0.2, 0) is 14.4 Å². The van der Waals surface area contributed by atoms with Crippen molar-refractivity contribution in [3.05, 3.63) is 23.8 Å². The van der Waals surface area contributed by atoms with Crippen molar-refractivity contribution in [3.8, 4) is 11.5 Å². The van der Waals surface area contributed by atoms with Crippen molar-refractivity contribution < 1.29 is 23.9 Å². The van der Waals surface area contributed by atoms with Gasteiger partial charge < -0.3 is 20.5 Å². The predicted octanol–water partition coefficient (Wildman–Crippen LogP) is -1.24. The van der Waals surface area contributed by atoms with Gasteiger partial charge in [-0.25, -0.2) is 5.43 Å². The Labute approximate surface area is 126 Å². The van der Waals surface area contributed by atoms with E-state index in [0.717, 1.165) is 0 Å². The predicted molar refractivity (Wildman–Crippen MR) is 77.5 cm³/mol. The fourth-order valence-corrected chi connectivity index (χ4v) is 1.36. The van der Waals surface area contributed by atoms with Crippen LogP contribution in [0.5, 0.6) is 11.5 Å². The summed E-state index contributed by atoms with van der Waals surface area (Å²) in [6, 6.07) is 4.75. The Morgan fingerprint density at radius 2 is 2.00 bits per heavy atom. The lowest BCUT2D eigenvalue weighted by Crippen LogP contribution is -2.35. The average molecular weight is 308 g/mol. The number of hydrazone groups is 1. The highest BCUT2D eigenvalue weighted by Crippen LogP contribution is 2.27. The molecule has 0 aliphatic carbocycles. The van der Waals surface area contributed by atoms with Gasteiger partial charge in [-0.05, 0) is 23.8 Å². The Hall–Kier alpha value is -3.10. The van der Waals surface area contributed by atoms with E-state index in [9.17, 15) is 14.4 Å². The minimum Gasteiger partial charge on any atom is -0.493 e. The zero-order valence-electron chi connectivity index (χ0n) is 12.1. The molecule has 0 aromatic heterocycles. The molecule has 0 heterocycles. The third-order valence-electron chi connectivity index (χ3n) is 2.37. The van der Waals surface area contributed by atoms with Gasteiger partial charge in [-0.1, -0.05) is 0 Å². The minimum absolute atomic E-state index is 0.272. The van der Waals surface area contributed by atoms with Crippen LogP contribution in [0, 0.1) is 0 Å². The summed E-state index contributed by atoms with van der Waals surface area (Å²) in [5.74, 6) is -1.59. The molecule has 0 atom stereocenters. The van der Waals surface area contributed by atoms with Crippen LogP contribution >= 0.6 is 0 Å². The molecule has 0 spiro atoms. The van der Waals surface area contributed by atoms with Crippen LogP contribution in [0.2, 0.25) is 0 Å². The second-order valence-corrected chi connectivity index (χ2v) is 3.94. The first-order valence-corrected chi connectivity index (χ1v) is 6.12. The van der Waals surface area contributed by atoms with Gasteiger partial charge in [0.1, 0.15) is 0 Å². The first kappa shape index (κ1) is 17.0. The van der Waals surface area contributed by atoms with Gasteiger partial charge in [-0.3, -0.25) is 14.4 Å². The number of methoxy groups -OCH3 is 1. The van der Waals surface area contributed by atoms with E-state index in [4.69, 9.17) is 15.2 Å². The number of ether oxygens (including phenoxy) is 2. The van der Waals surface area contributed by atoms with Crippen molar-refractivity contribution in [2.75, 3.05) is 20.8 Å². The average Bonchev–Trinajstić information content (AvgIpc) is 2.52. The number of amides is 3. The fraction of sp³-hybridized carbons (Fsp3) is 0.231. The van der Waals surface area contributed by atoms with Crippen LogP contribution in [0.4, 0.5) is 0 Å². The minimum atomic E-state index is -0.882. The first-order valence-electron chi connectivity index (χ1n) is 6.12. The van der Waals surface area contributed by atoms with Gasteiger partial charge in [0.2, 0.25) is 0 Å². The second-order valence-electron chi connectivity index (χ2n) is 3.94. The number of carbonyl (C=O) groups excluding carboxylic acids is 3. The second kappa shape index (κ2) is 8.25. The van der Waals surface area contributed by atoms with Crippen LogP contribution in [0.3, 0.4) is 0 Å². The zero-order valence-corrected chi connectivity index (χ0v) is 12.1. The van der Waals surface area contributed by atoms with Crippen molar-refractivity contribution in [2.45, 2.75) is 0 Å². The van der Waals surface area contributed by atoms with Gasteiger partial charge in [0.05, 0.1) is 13.3 Å². The quantitative estimate of drug-likeness (QED) is 0.343. The summed E-state index contributed by atoms with van der Waals surface area (Å²) in [5, 5.41) is 5.80. The molecule has 9 nitrogen and oxygen atoms in total. The molecule has 22 heavy (non-hydrogen) atoms. The molecule has 0 aliphatic heterocycles. The van der Waals surface area contributed by atoms with Crippen molar-refractivity contribution in [2.24, 2.45) is 10.8 Å². The molecule has 0 radical (unpaired) electrons. The van der Waals surface area contributed by atoms with Gasteiger partial charge >= 0.3 is 11.8 Å². The topological polar surface area (TPSA) is 132 Å². The molecular weight excluding hydrogens is 292 g/mol. The number of carbonyl (C=O) groups is 3. The van der Waals surface area contributed by atoms with Crippen molar-refractivity contribution in [1.82, 2.24) is 10.7 Å². The van der Waals surface area contributed by atoms with E-state index in [1.165, 1.54) is 20.4 Å². The fourth-order valence-electron chi connectivity index (χ4n) is 1.36. The number of benzene rings is 1. The highest BCUT2D eigenvalue weighted by Gasteiger charge is 2.09. The number of nitrogens with one attached hydrogen (secondary N) is 2. The molecule has 1 rings (SSSR count). The smallest absolute Gasteiger partial charge is 0.329 e. The Balaban J connectivity index is 2.74. The third kappa shape index (κ3) is 5.12. The number of nitrogens with two attached hydrogens (primary N) is 1. The summed E-state index contributed by atoms with van der Waals surface area (Å²) in [7, 11) is 2.77. The molecule has 0 saturated heterocycles. The summed E-state index contributed by atoms with van der Waals surface area (Å²) < 4.78 is 10.3. The summed E-state index contributed by atoms with van der Waals surface area (Å²) in [6.45, 7) is -0.272. The molecule has 0 aliphatic rings. The highest BCUT2D eigenvalue weighted by atomic mass is 16.5. The van der Waals surface area contributed by atoms with Crippen LogP contribution in [0.1, 0.15) is 5.56 Å². The molecule has 118 valence electrons. The Bertz CT molecular complexity index is 600. The van der Waals surface area contributed by atoms with E-state index in [1.807, 2.05) is 0 Å². The number of nitrogens with zero attached hydrogens (tertiary/aromatic N) is 1. The largest absolute Gasteiger partial charge is 0.493 e. The normalized spacial score (nSPS) is 10.1. The van der Waals surface area contributed by atoms with E-state index in [2.05, 4.69) is 15.8 Å². The molecule has 0 fully saturated rings. The van der Waals surface area contributed by atoms with Crippen LogP contribution in [0.25, 0.3) is 0 Å². The Kier molecular flexibility index (Phi) is 6.35. The lowest BCUT2D eigenvalue weighted by Gasteiger charge is -2.09. The third-order valence-corrected chi connectivity index (χ3v) is 2.37. The van der Waals surface area contributed by atoms with Gasteiger partial charge in [0.15, 0.2) is 18.1 Å². The van der Waals surface area contributed by atoms with Gasteiger partial charge in [0.25, 0.3) is 5.91 Å². The number of hydrogen-bond acceptors (Lipinski definition) is 6. The summed E-state index contributed by atoms with van der Waals surface area (Å²) in [6.07, 6.45) is 1.32. The molecule has 1 aromatic carbocycles. The number of primary amides is 1. The van der Waals surface area contributed by atoms with Gasteiger partial charge in [-0.15, -0.1) is 0 Å². The standard InChI is InChI=1S/C13H16N4O5/c1-15-12(19)13(20)17-16-6-8-3-4-9(10(5-8)21-2)22-7-11(14)18/h3-6H,7H2,1-2H3,(H2,14,18)(H,15,19)(H,17,20)/b16-6-. The molecule has 1 aromatic rings. The van der Waals surface area contributed by atoms with Gasteiger partial charge in [-0.2, -0.15) is 5.10 Å². The number of rotatable bonds is 6. The van der Waals surface area contributed by atoms with E-state index >= 15 is 0 Å². The Morgan fingerprint density at radius 3 is 2.59 bits per heavy atom. The number of likely N-dealkylation sites (N-methyl/N-ethyl adjacent to an activating group) is 1. The molecule has 0 bridgehead atoms. The van der Waals surface area contributed by atoms with E-state index in [0.29, 0.717) is 17.1 Å². The lowest BCUT2D eigenvalue weighted by molar-refractivity contribution is -0.138. The Morgan fingerprint density at radius 1 is 1.27 bits per heavy atom. The van der Waals surface area contributed by atoms with Crippen molar-refractivity contribution >= 4 is 23.9 Å². The molecular formula is C13H16N4O5. The SMILES string of the molecule is CNC(=O)C(=O)N/N=C\c1ccc(OCC(N)=O)c(OC)c1. The number of hydrogen-bond donors (Lipinski definition) is 3. The molecule has 0 unspecified atom stereocenters. The van der Waals surface area contributed by atoms with Gasteiger partial charge in [0, 0.05) is 7.05 Å². The first-order chi connectivity index (χ1) is 10.5. The molecule has 3 amide bonds. The van der Waals surface area contributed by atoms with Crippen LogP contribution < -0.4 is 25.9 Å². The van der Waals surface area contributed by atoms with E-state index in [-0.39, 0.29) is 6.61 Å². The molecule has 4 N–H and O–H groups in total. The maximum Gasteiger partial charge on any atom is 0.329 e.